The van der Waals surface area contributed by atoms with Crippen molar-refractivity contribution in [2.75, 3.05) is 13.1 Å². The number of hydrogen-bond donors (Lipinski definition) is 2. The van der Waals surface area contributed by atoms with Crippen molar-refractivity contribution in [3.8, 4) is 0 Å². The molecular formula is C12H20N2O. The second-order valence-corrected chi connectivity index (χ2v) is 4.19. The molecule has 3 heteroatoms. The van der Waals surface area contributed by atoms with E-state index >= 15 is 0 Å². The first-order chi connectivity index (χ1) is 7.45. The van der Waals surface area contributed by atoms with E-state index in [0.29, 0.717) is 0 Å². The second-order valence-electron chi connectivity index (χ2n) is 4.19. The summed E-state index contributed by atoms with van der Waals surface area (Å²) in [5, 5.41) is 6.95. The van der Waals surface area contributed by atoms with Gasteiger partial charge in [0.05, 0.1) is 12.8 Å². The maximum Gasteiger partial charge on any atom is 0.117 e. The van der Waals surface area contributed by atoms with E-state index in [2.05, 4.69) is 10.6 Å². The van der Waals surface area contributed by atoms with Crippen molar-refractivity contribution in [1.29, 1.82) is 0 Å². The summed E-state index contributed by atoms with van der Waals surface area (Å²) in [5.74, 6) is 1.02. The first-order valence-electron chi connectivity index (χ1n) is 5.91. The zero-order valence-corrected chi connectivity index (χ0v) is 9.17. The van der Waals surface area contributed by atoms with Gasteiger partial charge in [0.25, 0.3) is 0 Å². The number of furan rings is 1. The van der Waals surface area contributed by atoms with Gasteiger partial charge in [0, 0.05) is 6.04 Å². The van der Waals surface area contributed by atoms with E-state index in [1.165, 1.54) is 32.2 Å². The van der Waals surface area contributed by atoms with E-state index in [9.17, 15) is 0 Å². The van der Waals surface area contributed by atoms with Crippen LogP contribution in [-0.2, 0) is 6.54 Å². The Hall–Kier alpha value is -0.800. The molecule has 2 rings (SSSR count). The van der Waals surface area contributed by atoms with Crippen molar-refractivity contribution in [3.05, 3.63) is 24.2 Å². The Morgan fingerprint density at radius 2 is 2.47 bits per heavy atom. The monoisotopic (exact) mass is 208 g/mol. The summed E-state index contributed by atoms with van der Waals surface area (Å²) in [6.45, 7) is 3.11. The zero-order valence-electron chi connectivity index (χ0n) is 9.17. The van der Waals surface area contributed by atoms with Crippen molar-refractivity contribution in [2.24, 2.45) is 0 Å². The molecule has 1 aliphatic rings. The Labute approximate surface area is 91.2 Å². The molecule has 2 heterocycles. The van der Waals surface area contributed by atoms with Crippen LogP contribution in [0.3, 0.4) is 0 Å². The molecule has 2 N–H and O–H groups in total. The average molecular weight is 208 g/mol. The number of piperidine rings is 1. The van der Waals surface area contributed by atoms with Crippen LogP contribution in [0.2, 0.25) is 0 Å². The van der Waals surface area contributed by atoms with Crippen LogP contribution in [0.4, 0.5) is 0 Å². The third-order valence-electron chi connectivity index (χ3n) is 2.96. The lowest BCUT2D eigenvalue weighted by molar-refractivity contribution is 0.372. The molecular weight excluding hydrogens is 188 g/mol. The van der Waals surface area contributed by atoms with Crippen molar-refractivity contribution < 1.29 is 4.42 Å². The van der Waals surface area contributed by atoms with Gasteiger partial charge in [-0.05, 0) is 44.5 Å². The van der Waals surface area contributed by atoms with Gasteiger partial charge in [-0.2, -0.15) is 0 Å². The fourth-order valence-corrected chi connectivity index (χ4v) is 2.07. The largest absolute Gasteiger partial charge is 0.468 e. The van der Waals surface area contributed by atoms with Gasteiger partial charge < -0.3 is 15.1 Å². The molecule has 0 bridgehead atoms. The van der Waals surface area contributed by atoms with Gasteiger partial charge in [-0.25, -0.2) is 0 Å². The highest BCUT2D eigenvalue weighted by molar-refractivity contribution is 4.97. The molecule has 1 atom stereocenters. The summed E-state index contributed by atoms with van der Waals surface area (Å²) in [6.07, 6.45) is 7.01. The molecule has 1 saturated heterocycles. The maximum atomic E-state index is 5.25. The second kappa shape index (κ2) is 5.93. The minimum atomic E-state index is 0.725. The molecule has 1 aliphatic heterocycles. The highest BCUT2D eigenvalue weighted by Gasteiger charge is 2.11. The first kappa shape index (κ1) is 10.7. The molecule has 1 unspecified atom stereocenters. The third kappa shape index (κ3) is 3.68. The van der Waals surface area contributed by atoms with Gasteiger partial charge in [-0.3, -0.25) is 0 Å². The first-order valence-corrected chi connectivity index (χ1v) is 5.91. The molecule has 0 saturated carbocycles. The van der Waals surface area contributed by atoms with Gasteiger partial charge in [0.15, 0.2) is 0 Å². The third-order valence-corrected chi connectivity index (χ3v) is 2.96. The smallest absolute Gasteiger partial charge is 0.117 e. The molecule has 15 heavy (non-hydrogen) atoms. The summed E-state index contributed by atoms with van der Waals surface area (Å²) in [5.41, 5.74) is 0. The van der Waals surface area contributed by atoms with Crippen LogP contribution < -0.4 is 10.6 Å². The van der Waals surface area contributed by atoms with Crippen molar-refractivity contribution >= 4 is 0 Å². The van der Waals surface area contributed by atoms with Crippen LogP contribution in [0.1, 0.15) is 31.4 Å². The van der Waals surface area contributed by atoms with Crippen molar-refractivity contribution in [3.63, 3.8) is 0 Å². The average Bonchev–Trinajstić information content (AvgIpc) is 2.79. The Bertz CT molecular complexity index is 253. The summed E-state index contributed by atoms with van der Waals surface area (Å²) in [7, 11) is 0. The van der Waals surface area contributed by atoms with E-state index in [1.807, 2.05) is 12.1 Å². The van der Waals surface area contributed by atoms with Crippen LogP contribution in [0.15, 0.2) is 22.8 Å². The van der Waals surface area contributed by atoms with E-state index in [4.69, 9.17) is 4.42 Å². The molecule has 0 spiro atoms. The van der Waals surface area contributed by atoms with Crippen LogP contribution in [0.5, 0.6) is 0 Å². The molecule has 3 nitrogen and oxygen atoms in total. The molecule has 0 aliphatic carbocycles. The van der Waals surface area contributed by atoms with Gasteiger partial charge in [-0.1, -0.05) is 6.42 Å². The van der Waals surface area contributed by atoms with Crippen LogP contribution >= 0.6 is 0 Å². The van der Waals surface area contributed by atoms with Crippen molar-refractivity contribution in [2.45, 2.75) is 38.3 Å². The topological polar surface area (TPSA) is 37.2 Å². The molecule has 0 aromatic carbocycles. The molecule has 1 aromatic heterocycles. The quantitative estimate of drug-likeness (QED) is 0.726. The number of hydrogen-bond acceptors (Lipinski definition) is 3. The van der Waals surface area contributed by atoms with Gasteiger partial charge in [0.1, 0.15) is 5.76 Å². The lowest BCUT2D eigenvalue weighted by atomic mass is 10.0. The number of rotatable bonds is 5. The summed E-state index contributed by atoms with van der Waals surface area (Å²) in [6, 6.07) is 4.66. The molecule has 1 fully saturated rings. The Morgan fingerprint density at radius 3 is 3.20 bits per heavy atom. The predicted molar refractivity (Wildman–Crippen MR) is 60.7 cm³/mol. The van der Waals surface area contributed by atoms with Gasteiger partial charge in [-0.15, -0.1) is 0 Å². The lowest BCUT2D eigenvalue weighted by Gasteiger charge is -2.23. The molecule has 1 aromatic rings. The normalized spacial score (nSPS) is 21.7. The Morgan fingerprint density at radius 1 is 1.47 bits per heavy atom. The summed E-state index contributed by atoms with van der Waals surface area (Å²) >= 11 is 0. The maximum absolute atomic E-state index is 5.25. The van der Waals surface area contributed by atoms with Gasteiger partial charge in [0.2, 0.25) is 0 Å². The van der Waals surface area contributed by atoms with E-state index < -0.39 is 0 Å². The fraction of sp³-hybridized carbons (Fsp3) is 0.667. The highest BCUT2D eigenvalue weighted by Crippen LogP contribution is 2.09. The molecule has 0 radical (unpaired) electrons. The van der Waals surface area contributed by atoms with Crippen molar-refractivity contribution in [1.82, 2.24) is 10.6 Å². The molecule has 0 amide bonds. The van der Waals surface area contributed by atoms with Crippen LogP contribution in [0, 0.1) is 0 Å². The fourth-order valence-electron chi connectivity index (χ4n) is 2.07. The predicted octanol–water partition coefficient (Wildman–Crippen LogP) is 1.90. The SMILES string of the molecule is c1coc(CNCCC2CCCCN2)c1. The Kier molecular flexibility index (Phi) is 4.23. The highest BCUT2D eigenvalue weighted by atomic mass is 16.3. The van der Waals surface area contributed by atoms with Crippen LogP contribution in [0.25, 0.3) is 0 Å². The molecule has 84 valence electrons. The zero-order chi connectivity index (χ0) is 10.3. The minimum Gasteiger partial charge on any atom is -0.468 e. The van der Waals surface area contributed by atoms with Crippen LogP contribution in [-0.4, -0.2) is 19.1 Å². The number of nitrogens with one attached hydrogen (secondary N) is 2. The van der Waals surface area contributed by atoms with E-state index in [0.717, 1.165) is 24.9 Å². The van der Waals surface area contributed by atoms with Gasteiger partial charge >= 0.3 is 0 Å². The van der Waals surface area contributed by atoms with E-state index in [1.54, 1.807) is 6.26 Å². The van der Waals surface area contributed by atoms with E-state index in [-0.39, 0.29) is 0 Å². The Balaban J connectivity index is 1.54. The lowest BCUT2D eigenvalue weighted by Crippen LogP contribution is -2.36. The summed E-state index contributed by atoms with van der Waals surface area (Å²) in [4.78, 5) is 0. The standard InChI is InChI=1S/C12H20N2O/c1-2-7-14-11(4-1)6-8-13-10-12-5-3-9-15-12/h3,5,9,11,13-14H,1-2,4,6-8,10H2. The summed E-state index contributed by atoms with van der Waals surface area (Å²) < 4.78 is 5.25. The minimum absolute atomic E-state index is 0.725.